The van der Waals surface area contributed by atoms with E-state index in [2.05, 4.69) is 30.5 Å². The highest BCUT2D eigenvalue weighted by Gasteiger charge is 2.18. The highest BCUT2D eigenvalue weighted by atomic mass is 35.5. The fourth-order valence-electron chi connectivity index (χ4n) is 2.19. The minimum Gasteiger partial charge on any atom is -0.323 e. The molecule has 0 spiro atoms. The lowest BCUT2D eigenvalue weighted by Crippen LogP contribution is -2.05. The van der Waals surface area contributed by atoms with E-state index < -0.39 is 25.1 Å². The average Bonchev–Trinajstić information content (AvgIpc) is 2.65. The Balaban J connectivity index is 1.92. The van der Waals surface area contributed by atoms with Crippen molar-refractivity contribution in [2.24, 2.45) is 10.2 Å². The summed E-state index contributed by atoms with van der Waals surface area (Å²) < 4.78 is 64.2. The normalized spacial score (nSPS) is 12.3. The van der Waals surface area contributed by atoms with Crippen molar-refractivity contribution in [3.05, 3.63) is 53.0 Å². The second kappa shape index (κ2) is 8.78. The van der Waals surface area contributed by atoms with Crippen LogP contribution in [0.2, 0.25) is 10.6 Å². The van der Waals surface area contributed by atoms with Crippen molar-refractivity contribution in [3.8, 4) is 0 Å². The van der Waals surface area contributed by atoms with Gasteiger partial charge in [0.15, 0.2) is 0 Å². The molecule has 0 aliphatic rings. The summed E-state index contributed by atoms with van der Waals surface area (Å²) in [5, 5.41) is 9.78. The molecule has 0 amide bonds. The Morgan fingerprint density at radius 2 is 1.32 bits per heavy atom. The monoisotopic (exact) mass is 504 g/mol. The number of nitrogens with one attached hydrogen (secondary N) is 1. The molecule has 3 N–H and O–H groups in total. The van der Waals surface area contributed by atoms with Crippen LogP contribution in [0.5, 0.6) is 0 Å². The molecule has 12 nitrogen and oxygen atoms in total. The molecular weight excluding hydrogens is 495 g/mol. The number of aromatic nitrogens is 3. The van der Waals surface area contributed by atoms with Crippen molar-refractivity contribution in [2.45, 2.75) is 9.79 Å². The van der Waals surface area contributed by atoms with Gasteiger partial charge in [-0.3, -0.25) is 9.11 Å². The number of nitrogens with zero attached hydrogens (tertiary/aromatic N) is 5. The first-order chi connectivity index (χ1) is 14.4. The summed E-state index contributed by atoms with van der Waals surface area (Å²) in [7, 11) is -9.05. The maximum absolute atomic E-state index is 11.8. The fourth-order valence-corrected chi connectivity index (χ4v) is 3.70. The highest BCUT2D eigenvalue weighted by molar-refractivity contribution is 7.86. The summed E-state index contributed by atoms with van der Waals surface area (Å²) in [6.45, 7) is 0. The number of benzene rings is 2. The Morgan fingerprint density at radius 1 is 0.774 bits per heavy atom. The van der Waals surface area contributed by atoms with Crippen molar-refractivity contribution in [2.75, 3.05) is 5.32 Å². The number of halogens is 2. The molecule has 1 heterocycles. The first-order valence-electron chi connectivity index (χ1n) is 7.87. The molecule has 0 aliphatic heterocycles. The van der Waals surface area contributed by atoms with E-state index >= 15 is 0 Å². The van der Waals surface area contributed by atoms with Gasteiger partial charge in [-0.05, 0) is 65.7 Å². The Kier molecular flexibility index (Phi) is 6.49. The Morgan fingerprint density at radius 3 is 1.87 bits per heavy atom. The molecule has 0 fully saturated rings. The number of hydrogen-bond acceptors (Lipinski definition) is 10. The third-order valence-electron chi connectivity index (χ3n) is 3.49. The molecule has 2 aromatic carbocycles. The van der Waals surface area contributed by atoms with Crippen LogP contribution in [0.1, 0.15) is 0 Å². The molecule has 0 saturated carbocycles. The summed E-state index contributed by atoms with van der Waals surface area (Å²) in [4.78, 5) is 10.2. The van der Waals surface area contributed by atoms with E-state index in [9.17, 15) is 21.4 Å². The molecule has 3 rings (SSSR count). The Bertz CT molecular complexity index is 1360. The van der Waals surface area contributed by atoms with E-state index in [0.29, 0.717) is 0 Å². The predicted octanol–water partition coefficient (Wildman–Crippen LogP) is 3.83. The maximum atomic E-state index is 11.8. The van der Waals surface area contributed by atoms with Gasteiger partial charge in [-0.1, -0.05) is 0 Å². The summed E-state index contributed by atoms with van der Waals surface area (Å²) in [5.74, 6) is -0.164. The number of anilines is 2. The van der Waals surface area contributed by atoms with Crippen LogP contribution in [0, 0.1) is 0 Å². The third-order valence-corrected chi connectivity index (χ3v) is 5.59. The molecule has 0 bridgehead atoms. The van der Waals surface area contributed by atoms with Crippen molar-refractivity contribution in [1.82, 2.24) is 15.0 Å². The van der Waals surface area contributed by atoms with Crippen LogP contribution in [-0.2, 0) is 20.2 Å². The van der Waals surface area contributed by atoms with Gasteiger partial charge in [-0.25, -0.2) is 0 Å². The van der Waals surface area contributed by atoms with E-state index in [1.54, 1.807) is 0 Å². The van der Waals surface area contributed by atoms with E-state index in [4.69, 9.17) is 27.8 Å². The van der Waals surface area contributed by atoms with Gasteiger partial charge in [0, 0.05) is 0 Å². The molecule has 0 aliphatic carbocycles. The van der Waals surface area contributed by atoms with E-state index in [1.165, 1.54) is 24.3 Å². The summed E-state index contributed by atoms with van der Waals surface area (Å²) in [6, 6.07) is 8.46. The lowest BCUT2D eigenvalue weighted by atomic mass is 10.3. The summed E-state index contributed by atoms with van der Waals surface area (Å²) >= 11 is 11.4. The smallest absolute Gasteiger partial charge is 0.296 e. The quantitative estimate of drug-likeness (QED) is 0.328. The van der Waals surface area contributed by atoms with Gasteiger partial charge >= 0.3 is 0 Å². The SMILES string of the molecule is O=S(=O)(O)c1ccc(N=Nc2ccc(Nc3nc(Cl)nc(Cl)n3)c(S(=O)(=O)O)c2)cc1. The number of hydrogen-bond donors (Lipinski definition) is 3. The van der Waals surface area contributed by atoms with E-state index in [0.717, 1.165) is 18.2 Å². The van der Waals surface area contributed by atoms with Crippen molar-refractivity contribution in [3.63, 3.8) is 0 Å². The van der Waals surface area contributed by atoms with Gasteiger partial charge in [0.05, 0.1) is 22.0 Å². The maximum Gasteiger partial charge on any atom is 0.296 e. The number of rotatable bonds is 6. The molecule has 3 aromatic rings. The van der Waals surface area contributed by atoms with Crippen LogP contribution in [0.25, 0.3) is 0 Å². The molecule has 1 aromatic heterocycles. The molecule has 0 radical (unpaired) electrons. The third kappa shape index (κ3) is 6.13. The zero-order valence-corrected chi connectivity index (χ0v) is 18.0. The van der Waals surface area contributed by atoms with Crippen LogP contribution in [0.15, 0.2) is 62.5 Å². The Labute approximate surface area is 185 Å². The zero-order valence-electron chi connectivity index (χ0n) is 14.9. The minimum absolute atomic E-state index is 0.0451. The lowest BCUT2D eigenvalue weighted by Gasteiger charge is -2.09. The van der Waals surface area contributed by atoms with Crippen LogP contribution in [0.4, 0.5) is 23.0 Å². The van der Waals surface area contributed by atoms with Gasteiger partial charge in [0.1, 0.15) is 4.90 Å². The molecular formula is C15H10Cl2N6O6S2. The van der Waals surface area contributed by atoms with Crippen molar-refractivity contribution in [1.29, 1.82) is 0 Å². The molecule has 31 heavy (non-hydrogen) atoms. The van der Waals surface area contributed by atoms with Crippen molar-refractivity contribution < 1.29 is 25.9 Å². The van der Waals surface area contributed by atoms with Gasteiger partial charge in [0.25, 0.3) is 20.2 Å². The zero-order chi connectivity index (χ0) is 22.8. The second-order valence-electron chi connectivity index (χ2n) is 5.65. The number of azo groups is 1. The van der Waals surface area contributed by atoms with Crippen LogP contribution in [0.3, 0.4) is 0 Å². The molecule has 162 valence electrons. The van der Waals surface area contributed by atoms with Crippen LogP contribution < -0.4 is 5.32 Å². The van der Waals surface area contributed by atoms with E-state index in [1.807, 2.05) is 0 Å². The lowest BCUT2D eigenvalue weighted by molar-refractivity contribution is 0.481. The second-order valence-corrected chi connectivity index (χ2v) is 9.13. The van der Waals surface area contributed by atoms with Gasteiger partial charge < -0.3 is 5.32 Å². The first kappa shape index (κ1) is 22.9. The topological polar surface area (TPSA) is 184 Å². The predicted molar refractivity (Wildman–Crippen MR) is 110 cm³/mol. The van der Waals surface area contributed by atoms with Gasteiger partial charge in [-0.15, -0.1) is 0 Å². The Hall–Kier alpha value is -2.75. The standard InChI is InChI=1S/C15H10Cl2N6O6S2/c16-13-19-14(17)21-15(20-13)18-11-6-3-9(7-12(11)31(27,28)29)23-22-8-1-4-10(5-2-8)30(24,25)26/h1-7H,(H,24,25,26)(H,27,28,29)(H,18,19,20,21). The summed E-state index contributed by atoms with van der Waals surface area (Å²) in [5.41, 5.74) is 0.165. The van der Waals surface area contributed by atoms with Crippen LogP contribution in [-0.4, -0.2) is 40.9 Å². The van der Waals surface area contributed by atoms with Crippen molar-refractivity contribution >= 4 is 66.4 Å². The van der Waals surface area contributed by atoms with Gasteiger partial charge in [-0.2, -0.15) is 42.0 Å². The van der Waals surface area contributed by atoms with Gasteiger partial charge in [0.2, 0.25) is 16.5 Å². The highest BCUT2D eigenvalue weighted by Crippen LogP contribution is 2.30. The summed E-state index contributed by atoms with van der Waals surface area (Å²) in [6.07, 6.45) is 0. The fraction of sp³-hybridized carbons (Fsp3) is 0. The average molecular weight is 505 g/mol. The molecule has 0 atom stereocenters. The minimum atomic E-state index is -4.70. The largest absolute Gasteiger partial charge is 0.323 e. The molecule has 0 saturated heterocycles. The van der Waals surface area contributed by atoms with E-state index in [-0.39, 0.29) is 38.5 Å². The first-order valence-corrected chi connectivity index (χ1v) is 11.5. The van der Waals surface area contributed by atoms with Crippen LogP contribution >= 0.6 is 23.2 Å². The molecule has 16 heteroatoms. The molecule has 0 unspecified atom stereocenters.